The SMILES string of the molecule is CCCC1(CCC)CCN(c2ncnc3ccc(CC(F)(F)F)cc23)CC1. The van der Waals surface area contributed by atoms with Crippen molar-refractivity contribution in [2.45, 2.75) is 65.0 Å². The molecule has 0 N–H and O–H groups in total. The highest BCUT2D eigenvalue weighted by atomic mass is 19.4. The molecule has 0 saturated carbocycles. The first-order valence-corrected chi connectivity index (χ1v) is 9.91. The van der Waals surface area contributed by atoms with Gasteiger partial charge in [-0.3, -0.25) is 0 Å². The minimum atomic E-state index is -4.21. The number of alkyl halides is 3. The number of hydrogen-bond acceptors (Lipinski definition) is 3. The summed E-state index contributed by atoms with van der Waals surface area (Å²) < 4.78 is 38.4. The van der Waals surface area contributed by atoms with Crippen LogP contribution in [0, 0.1) is 5.41 Å². The van der Waals surface area contributed by atoms with Crippen molar-refractivity contribution in [3.8, 4) is 0 Å². The van der Waals surface area contributed by atoms with Gasteiger partial charge in [-0.1, -0.05) is 32.8 Å². The highest BCUT2D eigenvalue weighted by molar-refractivity contribution is 5.89. The smallest absolute Gasteiger partial charge is 0.356 e. The fourth-order valence-electron chi connectivity index (χ4n) is 4.56. The average molecular weight is 379 g/mol. The van der Waals surface area contributed by atoms with Gasteiger partial charge < -0.3 is 4.90 Å². The lowest BCUT2D eigenvalue weighted by molar-refractivity contribution is -0.127. The lowest BCUT2D eigenvalue weighted by atomic mass is 9.72. The zero-order chi connectivity index (χ0) is 19.5. The Hall–Kier alpha value is -1.85. The minimum absolute atomic E-state index is 0.259. The summed E-state index contributed by atoms with van der Waals surface area (Å²) in [7, 11) is 0. The summed E-state index contributed by atoms with van der Waals surface area (Å²) in [5, 5.41) is 0.720. The van der Waals surface area contributed by atoms with Crippen molar-refractivity contribution < 1.29 is 13.2 Å². The first-order valence-electron chi connectivity index (χ1n) is 9.91. The highest BCUT2D eigenvalue weighted by Gasteiger charge is 2.34. The van der Waals surface area contributed by atoms with E-state index >= 15 is 0 Å². The van der Waals surface area contributed by atoms with Crippen molar-refractivity contribution in [2.24, 2.45) is 5.41 Å². The van der Waals surface area contributed by atoms with Gasteiger partial charge in [0.15, 0.2) is 0 Å². The number of anilines is 1. The molecular formula is C21H28F3N3. The predicted octanol–water partition coefficient (Wildman–Crippen LogP) is 5.92. The molecule has 148 valence electrons. The van der Waals surface area contributed by atoms with Gasteiger partial charge in [-0.15, -0.1) is 0 Å². The van der Waals surface area contributed by atoms with Crippen LogP contribution in [0.1, 0.15) is 57.9 Å². The van der Waals surface area contributed by atoms with E-state index in [2.05, 4.69) is 28.7 Å². The highest BCUT2D eigenvalue weighted by Crippen LogP contribution is 2.42. The fraction of sp³-hybridized carbons (Fsp3) is 0.619. The molecule has 1 aliphatic heterocycles. The summed E-state index contributed by atoms with van der Waals surface area (Å²) in [5.74, 6) is 0.769. The lowest BCUT2D eigenvalue weighted by Crippen LogP contribution is -2.40. The van der Waals surface area contributed by atoms with Crippen LogP contribution in [0.3, 0.4) is 0 Å². The van der Waals surface area contributed by atoms with Crippen molar-refractivity contribution in [3.63, 3.8) is 0 Å². The molecule has 0 unspecified atom stereocenters. The topological polar surface area (TPSA) is 29.0 Å². The Bertz CT molecular complexity index is 757. The maximum absolute atomic E-state index is 12.8. The Morgan fingerprint density at radius 1 is 1.04 bits per heavy atom. The van der Waals surface area contributed by atoms with Gasteiger partial charge in [0.1, 0.15) is 12.1 Å². The minimum Gasteiger partial charge on any atom is -0.356 e. The van der Waals surface area contributed by atoms with E-state index < -0.39 is 12.6 Å². The summed E-state index contributed by atoms with van der Waals surface area (Å²) in [6.07, 6.45) is 3.48. The van der Waals surface area contributed by atoms with E-state index in [0.29, 0.717) is 10.9 Å². The van der Waals surface area contributed by atoms with Crippen LogP contribution in [-0.4, -0.2) is 29.2 Å². The third-order valence-corrected chi connectivity index (χ3v) is 5.77. The molecule has 2 heterocycles. The van der Waals surface area contributed by atoms with Crippen LogP contribution in [0.25, 0.3) is 10.9 Å². The predicted molar refractivity (Wildman–Crippen MR) is 103 cm³/mol. The van der Waals surface area contributed by atoms with Gasteiger partial charge in [0.05, 0.1) is 11.9 Å². The number of hydrogen-bond donors (Lipinski definition) is 0. The number of aromatic nitrogens is 2. The van der Waals surface area contributed by atoms with Crippen LogP contribution in [-0.2, 0) is 6.42 Å². The standard InChI is InChI=1S/C21H28F3N3/c1-3-7-20(8-4-2)9-11-27(12-10-20)19-17-13-16(14-21(22,23)24)5-6-18(17)25-15-26-19/h5-6,13,15H,3-4,7-12,14H2,1-2H3. The van der Waals surface area contributed by atoms with E-state index in [-0.39, 0.29) is 5.56 Å². The van der Waals surface area contributed by atoms with Gasteiger partial charge >= 0.3 is 6.18 Å². The Labute approximate surface area is 159 Å². The van der Waals surface area contributed by atoms with Gasteiger partial charge in [0.2, 0.25) is 0 Å². The van der Waals surface area contributed by atoms with E-state index in [4.69, 9.17) is 0 Å². The Kier molecular flexibility index (Phi) is 5.92. The van der Waals surface area contributed by atoms with Crippen LogP contribution in [0.4, 0.5) is 19.0 Å². The third-order valence-electron chi connectivity index (χ3n) is 5.77. The Balaban J connectivity index is 1.85. The van der Waals surface area contributed by atoms with Crippen molar-refractivity contribution in [1.82, 2.24) is 9.97 Å². The van der Waals surface area contributed by atoms with Crippen LogP contribution >= 0.6 is 0 Å². The largest absolute Gasteiger partial charge is 0.393 e. The lowest BCUT2D eigenvalue weighted by Gasteiger charge is -2.42. The molecular weight excluding hydrogens is 351 g/mol. The van der Waals surface area contributed by atoms with Gasteiger partial charge in [-0.25, -0.2) is 9.97 Å². The summed E-state index contributed by atoms with van der Waals surface area (Å²) >= 11 is 0. The van der Waals surface area contributed by atoms with E-state index in [1.165, 1.54) is 38.1 Å². The first-order chi connectivity index (χ1) is 12.9. The monoisotopic (exact) mass is 379 g/mol. The second kappa shape index (κ2) is 8.03. The van der Waals surface area contributed by atoms with Crippen molar-refractivity contribution in [3.05, 3.63) is 30.1 Å². The van der Waals surface area contributed by atoms with Crippen LogP contribution in [0.15, 0.2) is 24.5 Å². The summed E-state index contributed by atoms with van der Waals surface area (Å²) in [5.41, 5.74) is 1.36. The molecule has 0 radical (unpaired) electrons. The molecule has 1 fully saturated rings. The van der Waals surface area contributed by atoms with E-state index in [9.17, 15) is 13.2 Å². The van der Waals surface area contributed by atoms with E-state index in [1.54, 1.807) is 12.1 Å². The average Bonchev–Trinajstić information content (AvgIpc) is 2.61. The maximum Gasteiger partial charge on any atom is 0.393 e. The molecule has 1 aliphatic rings. The molecule has 1 aromatic carbocycles. The molecule has 3 nitrogen and oxygen atoms in total. The molecule has 0 spiro atoms. The fourth-order valence-corrected chi connectivity index (χ4v) is 4.56. The molecule has 0 bridgehead atoms. The Morgan fingerprint density at radius 3 is 2.30 bits per heavy atom. The summed E-state index contributed by atoms with van der Waals surface area (Å²) in [6, 6.07) is 4.79. The normalized spacial score (nSPS) is 17.4. The molecule has 2 aromatic rings. The van der Waals surface area contributed by atoms with Crippen LogP contribution in [0.5, 0.6) is 0 Å². The van der Waals surface area contributed by atoms with Crippen molar-refractivity contribution in [1.29, 1.82) is 0 Å². The first kappa shape index (κ1) is 19.9. The summed E-state index contributed by atoms with van der Waals surface area (Å²) in [4.78, 5) is 10.9. The number of fused-ring (bicyclic) bond motifs is 1. The summed E-state index contributed by atoms with van der Waals surface area (Å²) in [6.45, 7) is 6.28. The zero-order valence-corrected chi connectivity index (χ0v) is 16.1. The van der Waals surface area contributed by atoms with Gasteiger partial charge in [-0.05, 0) is 48.8 Å². The van der Waals surface area contributed by atoms with Crippen molar-refractivity contribution >= 4 is 16.7 Å². The van der Waals surface area contributed by atoms with Gasteiger partial charge in [-0.2, -0.15) is 13.2 Å². The number of rotatable bonds is 6. The quantitative estimate of drug-likeness (QED) is 0.624. The van der Waals surface area contributed by atoms with Crippen LogP contribution in [0.2, 0.25) is 0 Å². The van der Waals surface area contributed by atoms with E-state index in [1.807, 2.05) is 0 Å². The van der Waals surface area contributed by atoms with Crippen molar-refractivity contribution in [2.75, 3.05) is 18.0 Å². The Morgan fingerprint density at radius 2 is 1.70 bits per heavy atom. The number of halogens is 3. The molecule has 1 saturated heterocycles. The zero-order valence-electron chi connectivity index (χ0n) is 16.1. The molecule has 3 rings (SSSR count). The second-order valence-electron chi connectivity index (χ2n) is 7.83. The second-order valence-corrected chi connectivity index (χ2v) is 7.83. The van der Waals surface area contributed by atoms with Gasteiger partial charge in [0, 0.05) is 18.5 Å². The maximum atomic E-state index is 12.8. The molecule has 0 amide bonds. The molecule has 0 atom stereocenters. The number of nitrogens with zero attached hydrogens (tertiary/aromatic N) is 3. The molecule has 1 aromatic heterocycles. The van der Waals surface area contributed by atoms with Gasteiger partial charge in [0.25, 0.3) is 0 Å². The number of benzene rings is 1. The number of piperidine rings is 1. The molecule has 6 heteroatoms. The third kappa shape index (κ3) is 4.71. The molecule has 27 heavy (non-hydrogen) atoms. The molecule has 0 aliphatic carbocycles. The van der Waals surface area contributed by atoms with Crippen LogP contribution < -0.4 is 4.90 Å². The van der Waals surface area contributed by atoms with E-state index in [0.717, 1.165) is 37.1 Å².